The molecule has 0 aliphatic heterocycles. The molecule has 1 aliphatic rings. The van der Waals surface area contributed by atoms with Crippen LogP contribution in [0.15, 0.2) is 0 Å². The Hall–Kier alpha value is -1.30. The smallest absolute Gasteiger partial charge is 0.317 e. The summed E-state index contributed by atoms with van der Waals surface area (Å²) in [7, 11) is 1.60. The molecule has 0 spiro atoms. The maximum Gasteiger partial charge on any atom is 0.317 e. The van der Waals surface area contributed by atoms with Crippen molar-refractivity contribution in [2.45, 2.75) is 39.2 Å². The van der Waals surface area contributed by atoms with Crippen LogP contribution < -0.4 is 5.32 Å². The lowest BCUT2D eigenvalue weighted by Gasteiger charge is -2.27. The van der Waals surface area contributed by atoms with Crippen molar-refractivity contribution in [3.05, 3.63) is 0 Å². The highest BCUT2D eigenvalue weighted by Crippen LogP contribution is 2.31. The van der Waals surface area contributed by atoms with Crippen molar-refractivity contribution in [1.82, 2.24) is 10.2 Å². The zero-order valence-electron chi connectivity index (χ0n) is 12.6. The summed E-state index contributed by atoms with van der Waals surface area (Å²) in [5, 5.41) is 12.0. The number of carbonyl (C=O) groups excluding carboxylic acids is 1. The minimum atomic E-state index is -0.748. The molecule has 0 heterocycles. The topological polar surface area (TPSA) is 78.9 Å². The van der Waals surface area contributed by atoms with Gasteiger partial charge in [-0.05, 0) is 32.6 Å². The van der Waals surface area contributed by atoms with Crippen LogP contribution >= 0.6 is 0 Å². The van der Waals surface area contributed by atoms with Crippen LogP contribution in [0.25, 0.3) is 0 Å². The number of nitrogens with zero attached hydrogens (tertiary/aromatic N) is 1. The van der Waals surface area contributed by atoms with Crippen LogP contribution in [0.1, 0.15) is 33.1 Å². The first-order chi connectivity index (χ1) is 9.47. The molecular formula is C14H26N2O4. The summed E-state index contributed by atoms with van der Waals surface area (Å²) in [5.74, 6) is -1.02. The second-order valence-electron chi connectivity index (χ2n) is 5.60. The molecule has 6 nitrogen and oxygen atoms in total. The number of urea groups is 1. The quantitative estimate of drug-likeness (QED) is 0.744. The van der Waals surface area contributed by atoms with Gasteiger partial charge in [-0.25, -0.2) is 4.79 Å². The van der Waals surface area contributed by atoms with Gasteiger partial charge in [0.15, 0.2) is 0 Å². The third-order valence-corrected chi connectivity index (χ3v) is 3.91. The van der Waals surface area contributed by atoms with E-state index in [4.69, 9.17) is 9.84 Å². The van der Waals surface area contributed by atoms with E-state index >= 15 is 0 Å². The lowest BCUT2D eigenvalue weighted by molar-refractivity contribution is -0.142. The second-order valence-corrected chi connectivity index (χ2v) is 5.60. The van der Waals surface area contributed by atoms with Crippen molar-refractivity contribution >= 4 is 12.0 Å². The summed E-state index contributed by atoms with van der Waals surface area (Å²) in [5.41, 5.74) is 0. The molecular weight excluding hydrogens is 260 g/mol. The zero-order chi connectivity index (χ0) is 15.1. The SMILES string of the molecule is COCCN(C(=O)NCC1CCCC1C(=O)O)C(C)C. The van der Waals surface area contributed by atoms with Crippen molar-refractivity contribution in [1.29, 1.82) is 0 Å². The van der Waals surface area contributed by atoms with Crippen molar-refractivity contribution in [2.75, 3.05) is 26.8 Å². The van der Waals surface area contributed by atoms with Crippen LogP contribution in [0.4, 0.5) is 4.79 Å². The molecule has 1 aliphatic carbocycles. The molecule has 1 saturated carbocycles. The Kier molecular flexibility index (Phi) is 6.78. The van der Waals surface area contributed by atoms with Gasteiger partial charge in [-0.15, -0.1) is 0 Å². The first-order valence-corrected chi connectivity index (χ1v) is 7.23. The number of ether oxygens (including phenoxy) is 1. The molecule has 1 rings (SSSR count). The molecule has 1 fully saturated rings. The minimum absolute atomic E-state index is 0.0490. The van der Waals surface area contributed by atoms with Crippen LogP contribution in [0, 0.1) is 11.8 Å². The largest absolute Gasteiger partial charge is 0.481 e. The fourth-order valence-electron chi connectivity index (χ4n) is 2.71. The number of methoxy groups -OCH3 is 1. The van der Waals surface area contributed by atoms with E-state index in [1.54, 1.807) is 12.0 Å². The second kappa shape index (κ2) is 8.09. The number of carbonyl (C=O) groups is 2. The number of amides is 2. The maximum absolute atomic E-state index is 12.1. The van der Waals surface area contributed by atoms with E-state index < -0.39 is 5.97 Å². The van der Waals surface area contributed by atoms with Gasteiger partial charge in [0.25, 0.3) is 0 Å². The average molecular weight is 286 g/mol. The Labute approximate surface area is 120 Å². The molecule has 0 bridgehead atoms. The van der Waals surface area contributed by atoms with E-state index in [1.807, 2.05) is 13.8 Å². The number of nitrogens with one attached hydrogen (secondary N) is 1. The van der Waals surface area contributed by atoms with Gasteiger partial charge in [0.1, 0.15) is 0 Å². The number of carboxylic acid groups (broad SMARTS) is 1. The molecule has 2 atom stereocenters. The summed E-state index contributed by atoms with van der Waals surface area (Å²) < 4.78 is 5.00. The van der Waals surface area contributed by atoms with E-state index in [1.165, 1.54) is 0 Å². The predicted octanol–water partition coefficient (Wildman–Crippen LogP) is 1.55. The van der Waals surface area contributed by atoms with Crippen molar-refractivity contribution in [3.63, 3.8) is 0 Å². The van der Waals surface area contributed by atoms with Gasteiger partial charge in [0, 0.05) is 26.2 Å². The lowest BCUT2D eigenvalue weighted by Crippen LogP contribution is -2.47. The molecule has 0 aromatic heterocycles. The van der Waals surface area contributed by atoms with Gasteiger partial charge in [0.05, 0.1) is 12.5 Å². The molecule has 20 heavy (non-hydrogen) atoms. The Morgan fingerprint density at radius 1 is 1.40 bits per heavy atom. The van der Waals surface area contributed by atoms with E-state index in [-0.39, 0.29) is 23.9 Å². The maximum atomic E-state index is 12.1. The van der Waals surface area contributed by atoms with Crippen molar-refractivity contribution in [2.24, 2.45) is 11.8 Å². The molecule has 0 saturated heterocycles. The van der Waals surface area contributed by atoms with E-state index in [2.05, 4.69) is 5.32 Å². The van der Waals surface area contributed by atoms with Gasteiger partial charge in [0.2, 0.25) is 0 Å². The molecule has 2 N–H and O–H groups in total. The Bertz CT molecular complexity index is 333. The predicted molar refractivity (Wildman–Crippen MR) is 75.6 cm³/mol. The van der Waals surface area contributed by atoms with E-state index in [9.17, 15) is 9.59 Å². The fourth-order valence-corrected chi connectivity index (χ4v) is 2.71. The summed E-state index contributed by atoms with van der Waals surface area (Å²) in [6, 6.07) is -0.0583. The third kappa shape index (κ3) is 4.67. The lowest BCUT2D eigenvalue weighted by atomic mass is 9.96. The number of carboxylic acids is 1. The van der Waals surface area contributed by atoms with Crippen molar-refractivity contribution < 1.29 is 19.4 Å². The third-order valence-electron chi connectivity index (χ3n) is 3.91. The summed E-state index contributed by atoms with van der Waals surface area (Å²) in [4.78, 5) is 24.9. The van der Waals surface area contributed by atoms with Crippen LogP contribution in [-0.4, -0.2) is 54.9 Å². The summed E-state index contributed by atoms with van der Waals surface area (Å²) in [6.45, 7) is 5.36. The normalized spacial score (nSPS) is 22.0. The highest BCUT2D eigenvalue weighted by molar-refractivity contribution is 5.75. The van der Waals surface area contributed by atoms with Crippen LogP contribution in [0.5, 0.6) is 0 Å². The highest BCUT2D eigenvalue weighted by Gasteiger charge is 2.33. The minimum Gasteiger partial charge on any atom is -0.481 e. The first-order valence-electron chi connectivity index (χ1n) is 7.23. The average Bonchev–Trinajstić information content (AvgIpc) is 2.84. The van der Waals surface area contributed by atoms with Crippen LogP contribution in [0.3, 0.4) is 0 Å². The molecule has 2 unspecified atom stereocenters. The Morgan fingerprint density at radius 3 is 2.65 bits per heavy atom. The van der Waals surface area contributed by atoms with Gasteiger partial charge in [-0.1, -0.05) is 6.42 Å². The molecule has 0 radical (unpaired) electrons. The number of aliphatic carboxylic acids is 1. The van der Waals surface area contributed by atoms with Gasteiger partial charge in [-0.3, -0.25) is 4.79 Å². The van der Waals surface area contributed by atoms with E-state index in [0.29, 0.717) is 26.1 Å². The van der Waals surface area contributed by atoms with Crippen LogP contribution in [0.2, 0.25) is 0 Å². The van der Waals surface area contributed by atoms with Gasteiger partial charge >= 0.3 is 12.0 Å². The molecule has 0 aromatic carbocycles. The fraction of sp³-hybridized carbons (Fsp3) is 0.857. The number of hydrogen-bond acceptors (Lipinski definition) is 3. The van der Waals surface area contributed by atoms with Gasteiger partial charge in [-0.2, -0.15) is 0 Å². The standard InChI is InChI=1S/C14H26N2O4/c1-10(2)16(7-8-20-3)14(19)15-9-11-5-4-6-12(11)13(17)18/h10-12H,4-9H2,1-3H3,(H,15,19)(H,17,18). The Balaban J connectivity index is 2.46. The van der Waals surface area contributed by atoms with Crippen molar-refractivity contribution in [3.8, 4) is 0 Å². The summed E-state index contributed by atoms with van der Waals surface area (Å²) in [6.07, 6.45) is 2.51. The number of rotatable bonds is 7. The summed E-state index contributed by atoms with van der Waals surface area (Å²) >= 11 is 0. The molecule has 0 aromatic rings. The monoisotopic (exact) mass is 286 g/mol. The van der Waals surface area contributed by atoms with E-state index in [0.717, 1.165) is 12.8 Å². The molecule has 2 amide bonds. The number of hydrogen-bond donors (Lipinski definition) is 2. The molecule has 6 heteroatoms. The first kappa shape index (κ1) is 16.8. The molecule has 116 valence electrons. The highest BCUT2D eigenvalue weighted by atomic mass is 16.5. The van der Waals surface area contributed by atoms with Gasteiger partial charge < -0.3 is 20.1 Å². The Morgan fingerprint density at radius 2 is 2.10 bits per heavy atom. The van der Waals surface area contributed by atoms with Crippen LogP contribution in [-0.2, 0) is 9.53 Å². The zero-order valence-corrected chi connectivity index (χ0v) is 12.6.